The van der Waals surface area contributed by atoms with E-state index < -0.39 is 39.6 Å². The van der Waals surface area contributed by atoms with Crippen LogP contribution < -0.4 is 5.32 Å². The summed E-state index contributed by atoms with van der Waals surface area (Å²) in [6.45, 7) is 8.24. The van der Waals surface area contributed by atoms with Crippen LogP contribution >= 0.6 is 11.8 Å². The van der Waals surface area contributed by atoms with Crippen molar-refractivity contribution in [3.8, 4) is 11.3 Å². The van der Waals surface area contributed by atoms with Gasteiger partial charge >= 0.3 is 12.3 Å². The number of benzene rings is 1. The summed E-state index contributed by atoms with van der Waals surface area (Å²) < 4.78 is 75.4. The predicted octanol–water partition coefficient (Wildman–Crippen LogP) is 3.95. The first kappa shape index (κ1) is 38.4. The molecule has 0 bridgehead atoms. The lowest BCUT2D eigenvalue weighted by Gasteiger charge is -2.37. The summed E-state index contributed by atoms with van der Waals surface area (Å²) in [4.78, 5) is 28.3. The number of aromatic nitrogens is 2. The lowest BCUT2D eigenvalue weighted by Crippen LogP contribution is -2.47. The number of ether oxygens (including phenoxy) is 1. The molecule has 0 aliphatic carbocycles. The molecular weight excluding hydrogens is 698 g/mol. The van der Waals surface area contributed by atoms with Crippen molar-refractivity contribution in [3.63, 3.8) is 0 Å². The smallest absolute Gasteiger partial charge is 0.417 e. The fraction of sp³-hybridized carbons (Fsp3) is 0.667. The Hall–Kier alpha value is -2.86. The van der Waals surface area contributed by atoms with E-state index in [0.717, 1.165) is 68.7 Å². The second-order valence-corrected chi connectivity index (χ2v) is 17.3. The number of likely N-dealkylation sites (tertiary alicyclic amines) is 2. The van der Waals surface area contributed by atoms with Crippen LogP contribution in [0, 0.1) is 0 Å². The van der Waals surface area contributed by atoms with Gasteiger partial charge in [0.1, 0.15) is 5.60 Å². The molecule has 1 atom stereocenters. The third-order valence-corrected chi connectivity index (χ3v) is 11.4. The summed E-state index contributed by atoms with van der Waals surface area (Å²) in [5.41, 5.74) is 0.529. The first-order valence-corrected chi connectivity index (χ1v) is 19.8. The molecule has 1 aromatic heterocycles. The number of hydrogen-bond acceptors (Lipinski definition) is 9. The molecule has 278 valence electrons. The Labute approximate surface area is 295 Å². The maximum Gasteiger partial charge on any atom is 0.417 e. The van der Waals surface area contributed by atoms with Crippen molar-refractivity contribution in [3.05, 3.63) is 35.0 Å². The Balaban J connectivity index is 1.34. The fourth-order valence-electron chi connectivity index (χ4n) is 6.81. The van der Waals surface area contributed by atoms with Crippen LogP contribution in [0.3, 0.4) is 0 Å². The molecule has 50 heavy (non-hydrogen) atoms. The van der Waals surface area contributed by atoms with Gasteiger partial charge in [-0.2, -0.15) is 22.6 Å². The van der Waals surface area contributed by atoms with Crippen LogP contribution in [0.1, 0.15) is 63.3 Å². The molecule has 0 radical (unpaired) electrons. The number of alkyl carbamates (subject to hydrolysis) is 1. The molecule has 3 aliphatic rings. The van der Waals surface area contributed by atoms with Crippen molar-refractivity contribution in [2.75, 3.05) is 51.3 Å². The molecule has 2 amide bonds. The molecule has 1 aromatic carbocycles. The normalized spacial score (nSPS) is 19.1. The molecule has 17 heteroatoms. The van der Waals surface area contributed by atoms with E-state index in [1.165, 1.54) is 16.4 Å². The Kier molecular flexibility index (Phi) is 11.8. The minimum atomic E-state index is -4.63. The van der Waals surface area contributed by atoms with Crippen molar-refractivity contribution in [1.29, 1.82) is 0 Å². The molecular formula is C33H47F3N6O6S2. The molecule has 5 rings (SSSR count). The predicted molar refractivity (Wildman–Crippen MR) is 183 cm³/mol. The Morgan fingerprint density at radius 2 is 1.84 bits per heavy atom. The first-order valence-electron chi connectivity index (χ1n) is 16.9. The minimum absolute atomic E-state index is 0.00559. The Morgan fingerprint density at radius 1 is 1.12 bits per heavy atom. The zero-order valence-corrected chi connectivity index (χ0v) is 30.6. The van der Waals surface area contributed by atoms with E-state index in [-0.39, 0.29) is 48.8 Å². The van der Waals surface area contributed by atoms with Crippen LogP contribution in [-0.4, -0.2) is 118 Å². The number of nitrogens with zero attached hydrogens (tertiary/aromatic N) is 5. The summed E-state index contributed by atoms with van der Waals surface area (Å²) in [6.07, 6.45) is -1.47. The third-order valence-electron chi connectivity index (χ3n) is 9.12. The molecule has 12 nitrogen and oxygen atoms in total. The number of aliphatic hydroxyl groups excluding tert-OH is 1. The average molecular weight is 745 g/mol. The van der Waals surface area contributed by atoms with Gasteiger partial charge in [-0.25, -0.2) is 13.2 Å². The van der Waals surface area contributed by atoms with Crippen molar-refractivity contribution in [2.45, 2.75) is 94.8 Å². The molecule has 2 aromatic rings. The molecule has 2 N–H and O–H groups in total. The number of fused-ring (bicyclic) bond motifs is 1. The SMILES string of the molecule is CC(C)(C)OC(=O)NCCSc1cc(-c2nn(CC(O)CN3CCC(N4CCCC4=O)CC3)c3c2CN(S(C)(=O)=O)CC3)ccc1C(F)(F)F. The topological polar surface area (TPSA) is 137 Å². The maximum atomic E-state index is 14.1. The van der Waals surface area contributed by atoms with Gasteiger partial charge in [0.2, 0.25) is 15.9 Å². The summed E-state index contributed by atoms with van der Waals surface area (Å²) in [5.74, 6) is 0.351. The number of amides is 2. The standard InChI is InChI=1S/C33H47F3N6O6S2/c1-32(2,3)48-31(45)37-12-17-49-28-18-22(7-8-26(28)33(34,35)36)30-25-21-40(50(4,46)47)16-11-27(25)42(38-30)20-24(43)19-39-14-9-23(10-15-39)41-13-5-6-29(41)44/h7-8,18,23-24,43H,5-6,9-17,19-21H2,1-4H3,(H,37,45). The summed E-state index contributed by atoms with van der Waals surface area (Å²) >= 11 is 0.932. The van der Waals surface area contributed by atoms with Crippen LogP contribution in [0.5, 0.6) is 0 Å². The highest BCUT2D eigenvalue weighted by atomic mass is 32.2. The highest BCUT2D eigenvalue weighted by Gasteiger charge is 2.36. The zero-order chi connectivity index (χ0) is 36.4. The lowest BCUT2D eigenvalue weighted by molar-refractivity contribution is -0.139. The van der Waals surface area contributed by atoms with E-state index in [1.54, 1.807) is 25.5 Å². The molecule has 4 heterocycles. The second kappa shape index (κ2) is 15.4. The molecule has 1 unspecified atom stereocenters. The number of β-amino-alcohol motifs (C(OH)–C–C–N with tert-alkyl or cyclic N) is 1. The molecule has 2 fully saturated rings. The summed E-state index contributed by atoms with van der Waals surface area (Å²) in [7, 11) is -3.56. The van der Waals surface area contributed by atoms with Gasteiger partial charge in [0.15, 0.2) is 0 Å². The number of rotatable bonds is 11. The summed E-state index contributed by atoms with van der Waals surface area (Å²) in [6, 6.07) is 3.96. The van der Waals surface area contributed by atoms with Crippen molar-refractivity contribution >= 4 is 33.8 Å². The van der Waals surface area contributed by atoms with Gasteiger partial charge in [0.05, 0.1) is 30.2 Å². The van der Waals surface area contributed by atoms with Crippen molar-refractivity contribution in [2.24, 2.45) is 0 Å². The highest BCUT2D eigenvalue weighted by Crippen LogP contribution is 2.40. The third kappa shape index (κ3) is 9.72. The van der Waals surface area contributed by atoms with Crippen LogP contribution in [0.15, 0.2) is 23.1 Å². The van der Waals surface area contributed by atoms with Gasteiger partial charge in [-0.1, -0.05) is 6.07 Å². The summed E-state index contributed by atoms with van der Waals surface area (Å²) in [5, 5.41) is 18.5. The van der Waals surface area contributed by atoms with Crippen molar-refractivity contribution in [1.82, 2.24) is 29.2 Å². The number of nitrogens with one attached hydrogen (secondary N) is 1. The highest BCUT2D eigenvalue weighted by molar-refractivity contribution is 7.99. The maximum absolute atomic E-state index is 14.1. The monoisotopic (exact) mass is 744 g/mol. The van der Waals surface area contributed by atoms with E-state index >= 15 is 0 Å². The van der Waals surface area contributed by atoms with Crippen molar-refractivity contribution < 1.29 is 41.0 Å². The lowest BCUT2D eigenvalue weighted by atomic mass is 10.0. The molecule has 2 saturated heterocycles. The van der Waals surface area contributed by atoms with Gasteiger partial charge < -0.3 is 25.0 Å². The number of sulfonamides is 1. The molecule has 0 saturated carbocycles. The fourth-order valence-corrected chi connectivity index (χ4v) is 8.57. The Bertz CT molecular complexity index is 1650. The van der Waals surface area contributed by atoms with Crippen LogP contribution in [0.2, 0.25) is 0 Å². The number of carbonyl (C=O) groups is 2. The van der Waals surface area contributed by atoms with Gasteiger partial charge in [0, 0.05) is 92.2 Å². The van der Waals surface area contributed by atoms with E-state index in [4.69, 9.17) is 9.84 Å². The van der Waals surface area contributed by atoms with Crippen LogP contribution in [-0.2, 0) is 45.2 Å². The van der Waals surface area contributed by atoms with Gasteiger partial charge in [0.25, 0.3) is 0 Å². The van der Waals surface area contributed by atoms with Crippen LogP contribution in [0.25, 0.3) is 11.3 Å². The molecule has 0 spiro atoms. The first-order chi connectivity index (χ1) is 23.4. The van der Waals surface area contributed by atoms with Gasteiger partial charge in [-0.3, -0.25) is 9.48 Å². The van der Waals surface area contributed by atoms with E-state index in [2.05, 4.69) is 10.2 Å². The number of halogens is 3. The van der Waals surface area contributed by atoms with E-state index in [1.807, 2.05) is 4.90 Å². The quantitative estimate of drug-likeness (QED) is 0.259. The number of thioether (sulfide) groups is 1. The number of hydrogen-bond donors (Lipinski definition) is 2. The average Bonchev–Trinajstić information content (AvgIpc) is 3.60. The van der Waals surface area contributed by atoms with E-state index in [0.29, 0.717) is 36.2 Å². The number of alkyl halides is 3. The Morgan fingerprint density at radius 3 is 2.46 bits per heavy atom. The number of aliphatic hydroxyl groups is 1. The van der Waals surface area contributed by atoms with Crippen LogP contribution in [0.4, 0.5) is 18.0 Å². The number of piperidine rings is 1. The number of carbonyl (C=O) groups excluding carboxylic acids is 2. The molecule has 3 aliphatic heterocycles. The minimum Gasteiger partial charge on any atom is -0.444 e. The zero-order valence-electron chi connectivity index (χ0n) is 29.0. The second-order valence-electron chi connectivity index (χ2n) is 14.2. The van der Waals surface area contributed by atoms with Gasteiger partial charge in [-0.15, -0.1) is 11.8 Å². The van der Waals surface area contributed by atoms with Gasteiger partial charge in [-0.05, 0) is 52.2 Å². The largest absolute Gasteiger partial charge is 0.444 e. The van der Waals surface area contributed by atoms with E-state index in [9.17, 15) is 36.3 Å².